The van der Waals surface area contributed by atoms with Gasteiger partial charge in [-0.15, -0.1) is 0 Å². The topological polar surface area (TPSA) is 63.4 Å². The average molecular weight is 497 g/mol. The zero-order valence-corrected chi connectivity index (χ0v) is 21.6. The normalized spacial score (nSPS) is 15.7. The SMILES string of the molecule is CCc1cccc(N2C(=S)NC(c3cccc(OC)c3)C(c3nc(-c4ccc(C)cc4)no3)=C2C)c1. The van der Waals surface area contributed by atoms with Crippen molar-refractivity contribution in [1.29, 1.82) is 0 Å². The lowest BCUT2D eigenvalue weighted by Crippen LogP contribution is -2.46. The van der Waals surface area contributed by atoms with Crippen LogP contribution in [-0.2, 0) is 6.42 Å². The fourth-order valence-electron chi connectivity index (χ4n) is 4.47. The Labute approximate surface area is 216 Å². The quantitative estimate of drug-likeness (QED) is 0.306. The zero-order valence-electron chi connectivity index (χ0n) is 20.8. The molecule has 36 heavy (non-hydrogen) atoms. The molecule has 1 aliphatic heterocycles. The number of anilines is 1. The summed E-state index contributed by atoms with van der Waals surface area (Å²) in [5.41, 5.74) is 7.09. The number of nitrogens with zero attached hydrogens (tertiary/aromatic N) is 3. The number of thiocarbonyl (C=S) groups is 1. The van der Waals surface area contributed by atoms with Crippen LogP contribution in [0.15, 0.2) is 83.0 Å². The van der Waals surface area contributed by atoms with E-state index in [1.54, 1.807) is 7.11 Å². The molecule has 0 fully saturated rings. The van der Waals surface area contributed by atoms with E-state index in [-0.39, 0.29) is 6.04 Å². The number of methoxy groups -OCH3 is 1. The van der Waals surface area contributed by atoms with Crippen LogP contribution in [0.1, 0.15) is 42.5 Å². The van der Waals surface area contributed by atoms with E-state index in [4.69, 9.17) is 26.5 Å². The van der Waals surface area contributed by atoms with E-state index in [1.807, 2.05) is 60.4 Å². The second-order valence-corrected chi connectivity index (χ2v) is 9.19. The van der Waals surface area contributed by atoms with Crippen molar-refractivity contribution in [3.63, 3.8) is 0 Å². The van der Waals surface area contributed by atoms with Crippen molar-refractivity contribution < 1.29 is 9.26 Å². The van der Waals surface area contributed by atoms with Crippen molar-refractivity contribution in [3.8, 4) is 17.1 Å². The number of aryl methyl sites for hydroxylation is 2. The van der Waals surface area contributed by atoms with Gasteiger partial charge in [-0.3, -0.25) is 4.90 Å². The summed E-state index contributed by atoms with van der Waals surface area (Å²) >= 11 is 5.88. The number of benzene rings is 3. The van der Waals surface area contributed by atoms with Crippen LogP contribution in [0.2, 0.25) is 0 Å². The van der Waals surface area contributed by atoms with Gasteiger partial charge in [-0.1, -0.05) is 66.2 Å². The van der Waals surface area contributed by atoms with Crippen molar-refractivity contribution in [2.24, 2.45) is 0 Å². The number of allylic oxidation sites excluding steroid dienone is 1. The Hall–Kier alpha value is -3.97. The third-order valence-corrected chi connectivity index (χ3v) is 6.76. The summed E-state index contributed by atoms with van der Waals surface area (Å²) in [4.78, 5) is 6.85. The number of hydrogen-bond donors (Lipinski definition) is 1. The average Bonchev–Trinajstić information content (AvgIpc) is 3.38. The molecular weight excluding hydrogens is 468 g/mol. The summed E-state index contributed by atoms with van der Waals surface area (Å²) in [5, 5.41) is 8.44. The highest BCUT2D eigenvalue weighted by Gasteiger charge is 2.35. The molecule has 0 amide bonds. The minimum absolute atomic E-state index is 0.287. The smallest absolute Gasteiger partial charge is 0.258 e. The molecule has 2 heterocycles. The summed E-state index contributed by atoms with van der Waals surface area (Å²) in [6.45, 7) is 6.24. The Balaban J connectivity index is 1.66. The molecule has 0 saturated carbocycles. The van der Waals surface area contributed by atoms with Crippen molar-refractivity contribution in [3.05, 3.63) is 101 Å². The Morgan fingerprint density at radius 1 is 1.03 bits per heavy atom. The van der Waals surface area contributed by atoms with Gasteiger partial charge in [-0.05, 0) is 67.9 Å². The third kappa shape index (κ3) is 4.50. The minimum Gasteiger partial charge on any atom is -0.497 e. The molecule has 3 aromatic carbocycles. The summed E-state index contributed by atoms with van der Waals surface area (Å²) < 4.78 is 11.4. The number of nitrogens with one attached hydrogen (secondary N) is 1. The molecule has 7 heteroatoms. The molecule has 6 nitrogen and oxygen atoms in total. The second-order valence-electron chi connectivity index (χ2n) is 8.81. The molecule has 182 valence electrons. The van der Waals surface area contributed by atoms with E-state index in [1.165, 1.54) is 11.1 Å². The summed E-state index contributed by atoms with van der Waals surface area (Å²) in [7, 11) is 1.66. The van der Waals surface area contributed by atoms with E-state index >= 15 is 0 Å². The van der Waals surface area contributed by atoms with Gasteiger partial charge in [0, 0.05) is 16.9 Å². The largest absolute Gasteiger partial charge is 0.497 e. The summed E-state index contributed by atoms with van der Waals surface area (Å²) in [5.74, 6) is 1.76. The first-order chi connectivity index (χ1) is 17.5. The number of hydrogen-bond acceptors (Lipinski definition) is 5. The lowest BCUT2D eigenvalue weighted by Gasteiger charge is -2.37. The molecule has 0 bridgehead atoms. The zero-order chi connectivity index (χ0) is 25.2. The lowest BCUT2D eigenvalue weighted by atomic mass is 9.94. The first-order valence-electron chi connectivity index (χ1n) is 11.9. The molecule has 1 atom stereocenters. The van der Waals surface area contributed by atoms with Gasteiger partial charge in [0.25, 0.3) is 5.89 Å². The van der Waals surface area contributed by atoms with Crippen LogP contribution in [0.4, 0.5) is 5.69 Å². The monoisotopic (exact) mass is 496 g/mol. The Bertz CT molecular complexity index is 1440. The molecule has 1 aliphatic rings. The molecule has 0 spiro atoms. The highest BCUT2D eigenvalue weighted by Crippen LogP contribution is 2.40. The van der Waals surface area contributed by atoms with Crippen molar-refractivity contribution >= 4 is 28.6 Å². The molecule has 5 rings (SSSR count). The summed E-state index contributed by atoms with van der Waals surface area (Å²) in [6.07, 6.45) is 0.938. The van der Waals surface area contributed by atoms with Crippen molar-refractivity contribution in [1.82, 2.24) is 15.5 Å². The van der Waals surface area contributed by atoms with Gasteiger partial charge in [-0.2, -0.15) is 4.98 Å². The van der Waals surface area contributed by atoms with Gasteiger partial charge in [0.15, 0.2) is 5.11 Å². The van der Waals surface area contributed by atoms with E-state index in [0.717, 1.165) is 40.3 Å². The van der Waals surface area contributed by atoms with Crippen LogP contribution in [-0.4, -0.2) is 22.4 Å². The molecule has 0 saturated heterocycles. The van der Waals surface area contributed by atoms with E-state index in [0.29, 0.717) is 16.8 Å². The highest BCUT2D eigenvalue weighted by atomic mass is 32.1. The van der Waals surface area contributed by atoms with E-state index < -0.39 is 0 Å². The van der Waals surface area contributed by atoms with E-state index in [2.05, 4.69) is 48.6 Å². The first-order valence-corrected chi connectivity index (χ1v) is 12.3. The van der Waals surface area contributed by atoms with Crippen LogP contribution in [0, 0.1) is 6.92 Å². The Morgan fingerprint density at radius 2 is 1.81 bits per heavy atom. The molecule has 4 aromatic rings. The predicted octanol–water partition coefficient (Wildman–Crippen LogP) is 6.48. The maximum atomic E-state index is 5.88. The van der Waals surface area contributed by atoms with Crippen molar-refractivity contribution in [2.45, 2.75) is 33.2 Å². The molecule has 0 aliphatic carbocycles. The Kier molecular flexibility index (Phi) is 6.57. The van der Waals surface area contributed by atoms with Gasteiger partial charge in [-0.25, -0.2) is 0 Å². The van der Waals surface area contributed by atoms with Gasteiger partial charge in [0.2, 0.25) is 5.82 Å². The lowest BCUT2D eigenvalue weighted by molar-refractivity contribution is 0.403. The molecule has 0 radical (unpaired) electrons. The van der Waals surface area contributed by atoms with Crippen LogP contribution in [0.25, 0.3) is 17.0 Å². The van der Waals surface area contributed by atoms with Gasteiger partial charge in [0.1, 0.15) is 5.75 Å². The fraction of sp³-hybridized carbons (Fsp3) is 0.207. The second kappa shape index (κ2) is 9.95. The van der Waals surface area contributed by atoms with Crippen LogP contribution in [0.5, 0.6) is 5.75 Å². The van der Waals surface area contributed by atoms with Crippen LogP contribution < -0.4 is 15.0 Å². The van der Waals surface area contributed by atoms with Crippen LogP contribution >= 0.6 is 12.2 Å². The van der Waals surface area contributed by atoms with Gasteiger partial charge < -0.3 is 14.6 Å². The first kappa shape index (κ1) is 23.8. The number of ether oxygens (including phenoxy) is 1. The van der Waals surface area contributed by atoms with Gasteiger partial charge in [0.05, 0.1) is 18.7 Å². The Morgan fingerprint density at radius 3 is 2.56 bits per heavy atom. The molecule has 1 aromatic heterocycles. The molecular formula is C29H28N4O2S. The molecule has 1 N–H and O–H groups in total. The van der Waals surface area contributed by atoms with Crippen molar-refractivity contribution in [2.75, 3.05) is 12.0 Å². The number of rotatable bonds is 6. The molecule has 1 unspecified atom stereocenters. The van der Waals surface area contributed by atoms with E-state index in [9.17, 15) is 0 Å². The maximum absolute atomic E-state index is 5.88. The predicted molar refractivity (Wildman–Crippen MR) is 147 cm³/mol. The standard InChI is InChI=1S/C29H28N4O2S/c1-5-20-8-6-10-23(16-20)33-19(3)25(26(30-29(33)36)22-9-7-11-24(17-22)34-4)28-31-27(32-35-28)21-14-12-18(2)13-15-21/h6-17,26H,5H2,1-4H3,(H,30,36). The third-order valence-electron chi connectivity index (χ3n) is 6.46. The minimum atomic E-state index is -0.287. The maximum Gasteiger partial charge on any atom is 0.258 e. The van der Waals surface area contributed by atoms with Gasteiger partial charge >= 0.3 is 0 Å². The highest BCUT2D eigenvalue weighted by molar-refractivity contribution is 7.80. The number of aromatic nitrogens is 2. The summed E-state index contributed by atoms with van der Waals surface area (Å²) in [6, 6.07) is 24.1. The fourth-order valence-corrected chi connectivity index (χ4v) is 4.83. The van der Waals surface area contributed by atoms with Crippen LogP contribution in [0.3, 0.4) is 0 Å².